The number of nitrogens with zero attached hydrogens (tertiary/aromatic N) is 2. The summed E-state index contributed by atoms with van der Waals surface area (Å²) in [5.41, 5.74) is 0. The van der Waals surface area contributed by atoms with Crippen LogP contribution in [0.25, 0.3) is 0 Å². The standard InChI is InChI=1S/C12H19N3O2/c1-9-8-15(7-6-13-9)11-5-4-10(16-2)12(14-11)17-3/h4-5,9,13H,6-8H2,1-3H3. The summed E-state index contributed by atoms with van der Waals surface area (Å²) >= 11 is 0. The lowest BCUT2D eigenvalue weighted by Gasteiger charge is -2.32. The van der Waals surface area contributed by atoms with Gasteiger partial charge < -0.3 is 19.7 Å². The minimum Gasteiger partial charge on any atom is -0.491 e. The second-order valence-corrected chi connectivity index (χ2v) is 4.18. The Morgan fingerprint density at radius 2 is 2.18 bits per heavy atom. The molecule has 0 saturated carbocycles. The number of piperazine rings is 1. The van der Waals surface area contributed by atoms with Gasteiger partial charge in [-0.1, -0.05) is 0 Å². The summed E-state index contributed by atoms with van der Waals surface area (Å²) in [7, 11) is 3.22. The fourth-order valence-electron chi connectivity index (χ4n) is 2.04. The smallest absolute Gasteiger partial charge is 0.258 e. The summed E-state index contributed by atoms with van der Waals surface area (Å²) < 4.78 is 10.4. The Hall–Kier alpha value is -1.49. The lowest BCUT2D eigenvalue weighted by molar-refractivity contribution is 0.342. The van der Waals surface area contributed by atoms with Crippen molar-refractivity contribution < 1.29 is 9.47 Å². The molecule has 1 aliphatic rings. The number of anilines is 1. The predicted molar refractivity (Wildman–Crippen MR) is 67.0 cm³/mol. The van der Waals surface area contributed by atoms with Crippen LogP contribution in [-0.4, -0.2) is 44.9 Å². The number of ether oxygens (including phenoxy) is 2. The van der Waals surface area contributed by atoms with Crippen LogP contribution in [0.2, 0.25) is 0 Å². The summed E-state index contributed by atoms with van der Waals surface area (Å²) in [5, 5.41) is 3.41. The quantitative estimate of drug-likeness (QED) is 0.846. The van der Waals surface area contributed by atoms with Gasteiger partial charge in [0.15, 0.2) is 5.75 Å². The van der Waals surface area contributed by atoms with Crippen LogP contribution in [0.5, 0.6) is 11.6 Å². The molecule has 2 heterocycles. The minimum atomic E-state index is 0.485. The van der Waals surface area contributed by atoms with Crippen LogP contribution in [0, 0.1) is 0 Å². The average Bonchev–Trinajstić information content (AvgIpc) is 2.38. The van der Waals surface area contributed by atoms with Crippen molar-refractivity contribution >= 4 is 5.82 Å². The maximum Gasteiger partial charge on any atom is 0.258 e. The van der Waals surface area contributed by atoms with E-state index in [0.717, 1.165) is 25.5 Å². The maximum absolute atomic E-state index is 5.22. The van der Waals surface area contributed by atoms with E-state index in [1.807, 2.05) is 12.1 Å². The average molecular weight is 237 g/mol. The van der Waals surface area contributed by atoms with E-state index in [1.165, 1.54) is 0 Å². The lowest BCUT2D eigenvalue weighted by atomic mass is 10.2. The van der Waals surface area contributed by atoms with Crippen LogP contribution >= 0.6 is 0 Å². The van der Waals surface area contributed by atoms with Crippen LogP contribution in [0.4, 0.5) is 5.82 Å². The van der Waals surface area contributed by atoms with Crippen LogP contribution < -0.4 is 19.7 Å². The van der Waals surface area contributed by atoms with Crippen LogP contribution in [0.15, 0.2) is 12.1 Å². The van der Waals surface area contributed by atoms with Gasteiger partial charge in [-0.25, -0.2) is 0 Å². The Bertz CT molecular complexity index is 384. The molecule has 0 radical (unpaired) electrons. The Morgan fingerprint density at radius 1 is 1.35 bits per heavy atom. The molecule has 0 bridgehead atoms. The topological polar surface area (TPSA) is 46.6 Å². The molecule has 5 heteroatoms. The third kappa shape index (κ3) is 2.61. The zero-order valence-corrected chi connectivity index (χ0v) is 10.6. The fraction of sp³-hybridized carbons (Fsp3) is 0.583. The molecule has 1 unspecified atom stereocenters. The number of aromatic nitrogens is 1. The zero-order valence-electron chi connectivity index (χ0n) is 10.6. The SMILES string of the molecule is COc1ccc(N2CCNC(C)C2)nc1OC. The molecule has 0 spiro atoms. The van der Waals surface area contributed by atoms with Crippen molar-refractivity contribution in [2.45, 2.75) is 13.0 Å². The molecule has 1 fully saturated rings. The van der Waals surface area contributed by atoms with Gasteiger partial charge in [0.05, 0.1) is 14.2 Å². The number of rotatable bonds is 3. The maximum atomic E-state index is 5.22. The molecular formula is C12H19N3O2. The fourth-order valence-corrected chi connectivity index (χ4v) is 2.04. The van der Waals surface area contributed by atoms with Gasteiger partial charge in [-0.3, -0.25) is 0 Å². The highest BCUT2D eigenvalue weighted by atomic mass is 16.5. The summed E-state index contributed by atoms with van der Waals surface area (Å²) in [6.07, 6.45) is 0. The second-order valence-electron chi connectivity index (χ2n) is 4.18. The Balaban J connectivity index is 2.20. The van der Waals surface area contributed by atoms with E-state index in [0.29, 0.717) is 17.7 Å². The monoisotopic (exact) mass is 237 g/mol. The van der Waals surface area contributed by atoms with E-state index in [2.05, 4.69) is 22.1 Å². The molecule has 94 valence electrons. The summed E-state index contributed by atoms with van der Waals surface area (Å²) in [5.74, 6) is 2.15. The first-order chi connectivity index (χ1) is 8.24. The lowest BCUT2D eigenvalue weighted by Crippen LogP contribution is -2.49. The van der Waals surface area contributed by atoms with Gasteiger partial charge in [0, 0.05) is 25.7 Å². The number of hydrogen-bond acceptors (Lipinski definition) is 5. The molecule has 1 aliphatic heterocycles. The predicted octanol–water partition coefficient (Wildman–Crippen LogP) is 0.897. The van der Waals surface area contributed by atoms with E-state index < -0.39 is 0 Å². The molecule has 17 heavy (non-hydrogen) atoms. The van der Waals surface area contributed by atoms with Gasteiger partial charge in [0.25, 0.3) is 5.88 Å². The van der Waals surface area contributed by atoms with E-state index >= 15 is 0 Å². The van der Waals surface area contributed by atoms with Crippen molar-refractivity contribution in [1.82, 2.24) is 10.3 Å². The van der Waals surface area contributed by atoms with Crippen LogP contribution in [0.1, 0.15) is 6.92 Å². The van der Waals surface area contributed by atoms with Crippen molar-refractivity contribution in [3.63, 3.8) is 0 Å². The van der Waals surface area contributed by atoms with Gasteiger partial charge in [-0.2, -0.15) is 4.98 Å². The molecule has 0 aromatic carbocycles. The van der Waals surface area contributed by atoms with Crippen molar-refractivity contribution in [3.8, 4) is 11.6 Å². The van der Waals surface area contributed by atoms with E-state index in [-0.39, 0.29) is 0 Å². The summed E-state index contributed by atoms with van der Waals surface area (Å²) in [6.45, 7) is 5.08. The third-order valence-corrected chi connectivity index (χ3v) is 2.92. The largest absolute Gasteiger partial charge is 0.491 e. The molecular weight excluding hydrogens is 218 g/mol. The van der Waals surface area contributed by atoms with Crippen molar-refractivity contribution in [2.24, 2.45) is 0 Å². The molecule has 1 N–H and O–H groups in total. The highest BCUT2D eigenvalue weighted by Crippen LogP contribution is 2.27. The van der Waals surface area contributed by atoms with Gasteiger partial charge >= 0.3 is 0 Å². The molecule has 1 atom stereocenters. The van der Waals surface area contributed by atoms with Crippen LogP contribution in [0.3, 0.4) is 0 Å². The molecule has 2 rings (SSSR count). The third-order valence-electron chi connectivity index (χ3n) is 2.92. The Labute approximate surface area is 102 Å². The summed E-state index contributed by atoms with van der Waals surface area (Å²) in [6, 6.07) is 4.35. The number of hydrogen-bond donors (Lipinski definition) is 1. The number of pyridine rings is 1. The molecule has 5 nitrogen and oxygen atoms in total. The first-order valence-corrected chi connectivity index (χ1v) is 5.82. The van der Waals surface area contributed by atoms with Gasteiger partial charge in [-0.15, -0.1) is 0 Å². The van der Waals surface area contributed by atoms with Crippen LogP contribution in [-0.2, 0) is 0 Å². The normalized spacial score (nSPS) is 20.2. The molecule has 1 aromatic rings. The number of methoxy groups -OCH3 is 2. The van der Waals surface area contributed by atoms with Gasteiger partial charge in [0.1, 0.15) is 5.82 Å². The Kier molecular flexibility index (Phi) is 3.68. The van der Waals surface area contributed by atoms with Crippen molar-refractivity contribution in [3.05, 3.63) is 12.1 Å². The van der Waals surface area contributed by atoms with Crippen molar-refractivity contribution in [2.75, 3.05) is 38.8 Å². The number of nitrogens with one attached hydrogen (secondary N) is 1. The summed E-state index contributed by atoms with van der Waals surface area (Å²) in [4.78, 5) is 6.72. The van der Waals surface area contributed by atoms with E-state index in [4.69, 9.17) is 9.47 Å². The highest BCUT2D eigenvalue weighted by Gasteiger charge is 2.18. The molecule has 1 saturated heterocycles. The van der Waals surface area contributed by atoms with E-state index in [1.54, 1.807) is 14.2 Å². The highest BCUT2D eigenvalue weighted by molar-refractivity contribution is 5.47. The Morgan fingerprint density at radius 3 is 2.82 bits per heavy atom. The van der Waals surface area contributed by atoms with Gasteiger partial charge in [0.2, 0.25) is 0 Å². The molecule has 0 amide bonds. The minimum absolute atomic E-state index is 0.485. The molecule has 1 aromatic heterocycles. The first kappa shape index (κ1) is 12.0. The second kappa shape index (κ2) is 5.23. The van der Waals surface area contributed by atoms with Crippen molar-refractivity contribution in [1.29, 1.82) is 0 Å². The molecule has 0 aliphatic carbocycles. The first-order valence-electron chi connectivity index (χ1n) is 5.82. The zero-order chi connectivity index (χ0) is 12.3. The van der Waals surface area contributed by atoms with E-state index in [9.17, 15) is 0 Å². The van der Waals surface area contributed by atoms with Gasteiger partial charge in [-0.05, 0) is 19.1 Å².